The molecule has 0 saturated carbocycles. The maximum atomic E-state index is 11.6. The maximum absolute atomic E-state index is 11.6. The second-order valence-corrected chi connectivity index (χ2v) is 8.96. The van der Waals surface area contributed by atoms with E-state index in [1.807, 2.05) is 0 Å². The van der Waals surface area contributed by atoms with Crippen molar-refractivity contribution in [3.8, 4) is 0 Å². The van der Waals surface area contributed by atoms with E-state index in [0.29, 0.717) is 0 Å². The summed E-state index contributed by atoms with van der Waals surface area (Å²) in [5.74, 6) is 0. The molecule has 0 radical (unpaired) electrons. The third-order valence-electron chi connectivity index (χ3n) is 2.99. The summed E-state index contributed by atoms with van der Waals surface area (Å²) in [6, 6.07) is 0. The third kappa shape index (κ3) is 25.2. The molecule has 6 N–H and O–H groups in total. The van der Waals surface area contributed by atoms with Gasteiger partial charge in [-0.25, -0.2) is 35.8 Å². The number of imidazole rings is 4. The topological polar surface area (TPSA) is 470 Å². The Labute approximate surface area is 278 Å². The Bertz CT molecular complexity index is 1310. The normalized spacial score (nSPS) is 8.70. The van der Waals surface area contributed by atoms with Crippen LogP contribution < -0.4 is 0 Å². The van der Waals surface area contributed by atoms with Crippen LogP contribution in [0.15, 0.2) is 74.9 Å². The van der Waals surface area contributed by atoms with Crippen molar-refractivity contribution in [2.45, 2.75) is 0 Å². The summed E-state index contributed by atoms with van der Waals surface area (Å²) in [5.41, 5.74) is 0. The molecule has 0 aliphatic rings. The van der Waals surface area contributed by atoms with Crippen molar-refractivity contribution in [3.63, 3.8) is 0 Å². The van der Waals surface area contributed by atoms with E-state index in [-0.39, 0.29) is 49.9 Å². The maximum Gasteiger partial charge on any atom is 2.00 e. The Hall–Kier alpha value is -5.29. The quantitative estimate of drug-likeness (QED) is 0.0840. The molecule has 0 aromatic carbocycles. The molecule has 46 heavy (non-hydrogen) atoms. The van der Waals surface area contributed by atoms with Crippen LogP contribution >= 0.6 is 0 Å². The van der Waals surface area contributed by atoms with Gasteiger partial charge in [0.1, 0.15) is 25.3 Å². The van der Waals surface area contributed by atoms with Gasteiger partial charge in [-0.05, 0) is 0 Å². The zero-order valence-corrected chi connectivity index (χ0v) is 29.8. The van der Waals surface area contributed by atoms with Crippen molar-refractivity contribution in [2.24, 2.45) is 0 Å². The van der Waals surface area contributed by atoms with Crippen molar-refractivity contribution in [1.29, 1.82) is 0 Å². The molecule has 30 nitrogen and oxygen atoms in total. The fourth-order valence-corrected chi connectivity index (χ4v) is 3.71. The molecule has 4 aromatic rings. The Kier molecular flexibility index (Phi) is 31.6. The van der Waals surface area contributed by atoms with E-state index in [2.05, 4.69) is 19.9 Å². The van der Waals surface area contributed by atoms with E-state index in [4.69, 9.17) is 61.3 Å². The molecule has 0 spiro atoms. The van der Waals surface area contributed by atoms with Crippen LogP contribution in [0.2, 0.25) is 0 Å². The van der Waals surface area contributed by atoms with Gasteiger partial charge in [0.15, 0.2) is 0 Å². The van der Waals surface area contributed by atoms with Crippen LogP contribution in [0, 0.1) is 61.3 Å². The van der Waals surface area contributed by atoms with Gasteiger partial charge in [-0.3, -0.25) is 0 Å². The summed E-state index contributed by atoms with van der Waals surface area (Å²) in [7, 11) is -7.09. The van der Waals surface area contributed by atoms with Gasteiger partial charge < -0.3 is 72.2 Å². The molecular formula is C12H18N12O18S2Zn2+2. The number of rotatable bonds is 4. The molecule has 4 aromatic heterocycles. The predicted octanol–water partition coefficient (Wildman–Crippen LogP) is -3.36. The van der Waals surface area contributed by atoms with Gasteiger partial charge in [-0.2, -0.15) is 16.8 Å². The second-order valence-electron chi connectivity index (χ2n) is 5.48. The molecule has 0 aliphatic carbocycles. The van der Waals surface area contributed by atoms with Crippen molar-refractivity contribution < 1.29 is 87.1 Å². The molecule has 0 atom stereocenters. The van der Waals surface area contributed by atoms with E-state index < -0.39 is 40.8 Å². The molecule has 0 bridgehead atoms. The molecule has 0 aliphatic heterocycles. The minimum atomic E-state index is -3.54. The summed E-state index contributed by atoms with van der Waals surface area (Å²) in [4.78, 5) is 47.6. The standard InChI is InChI=1S/2C6H6N4O2S.4NO3.2H2O.2Zn/c2*11-13(12,9-3-1-7-5-9)10-4-2-8-6-10;4*2-1(3)4;;;;/h2*1-6H;;;;;2*1H2;;/q;;4*-1;;;2*+2/p+2. The van der Waals surface area contributed by atoms with Crippen molar-refractivity contribution in [2.75, 3.05) is 0 Å². The van der Waals surface area contributed by atoms with Crippen LogP contribution in [-0.2, 0) is 70.3 Å². The van der Waals surface area contributed by atoms with E-state index in [1.165, 1.54) is 74.9 Å². The Morgan fingerprint density at radius 3 is 0.630 bits per heavy atom. The largest absolute Gasteiger partial charge is 2.00 e. The van der Waals surface area contributed by atoms with Crippen LogP contribution in [0.1, 0.15) is 0 Å². The van der Waals surface area contributed by atoms with Gasteiger partial charge in [-0.1, -0.05) is 0 Å². The average Bonchev–Trinajstić information content (AvgIpc) is 3.66. The first-order chi connectivity index (χ1) is 19.3. The Morgan fingerprint density at radius 1 is 0.413 bits per heavy atom. The smallest absolute Gasteiger partial charge is 0.457 e. The Balaban J connectivity index is -0.000000113. The predicted molar refractivity (Wildman–Crippen MR) is 140 cm³/mol. The van der Waals surface area contributed by atoms with Crippen LogP contribution in [0.25, 0.3) is 0 Å². The number of aromatic nitrogens is 8. The molecule has 0 unspecified atom stereocenters. The zero-order chi connectivity index (χ0) is 32.9. The molecule has 0 fully saturated rings. The molecule has 0 amide bonds. The SMILES string of the molecule is O=S(=O)(n1ccnc1)n1ccnc1.O=S(=O)(n1ccnc1)n1ccnc1.O=[N+]([O-])[O-].O=[N+]([O-])[O-].O=[N+]([O-])[O-].O=[N+]([O-])[O-].[OH3+].[OH3+].[Zn+2].[Zn+2]. The molecule has 4 heterocycles. The molecule has 0 saturated heterocycles. The van der Waals surface area contributed by atoms with E-state index in [0.717, 1.165) is 15.9 Å². The van der Waals surface area contributed by atoms with Crippen molar-refractivity contribution >= 4 is 20.4 Å². The summed E-state index contributed by atoms with van der Waals surface area (Å²) < 4.78 is 50.4. The number of hydrogen-bond acceptors (Lipinski definition) is 20. The third-order valence-corrected chi connectivity index (χ3v) is 5.98. The summed E-state index contributed by atoms with van der Waals surface area (Å²) in [6.07, 6.45) is 15.9. The van der Waals surface area contributed by atoms with Crippen LogP contribution in [0.5, 0.6) is 0 Å². The minimum Gasteiger partial charge on any atom is -0.457 e. The summed E-state index contributed by atoms with van der Waals surface area (Å²) in [6.45, 7) is 0. The fourth-order valence-electron chi connectivity index (χ4n) is 1.75. The first kappa shape index (κ1) is 53.3. The van der Waals surface area contributed by atoms with Gasteiger partial charge in [-0.15, -0.1) is 0 Å². The minimum absolute atomic E-state index is 0. The first-order valence-electron chi connectivity index (χ1n) is 9.05. The van der Waals surface area contributed by atoms with Crippen LogP contribution in [0.4, 0.5) is 0 Å². The van der Waals surface area contributed by atoms with E-state index in [9.17, 15) is 16.8 Å². The first-order valence-corrected chi connectivity index (χ1v) is 11.8. The summed E-state index contributed by atoms with van der Waals surface area (Å²) >= 11 is 0. The second kappa shape index (κ2) is 27.3. The molecule has 34 heteroatoms. The van der Waals surface area contributed by atoms with Gasteiger partial charge in [0.25, 0.3) is 0 Å². The van der Waals surface area contributed by atoms with Gasteiger partial charge in [0.2, 0.25) is 0 Å². The average molecular weight is 813 g/mol. The van der Waals surface area contributed by atoms with Gasteiger partial charge in [0.05, 0.1) is 20.3 Å². The molecule has 248 valence electrons. The van der Waals surface area contributed by atoms with Gasteiger partial charge >= 0.3 is 59.4 Å². The zero-order valence-electron chi connectivity index (χ0n) is 22.2. The molecule has 4 rings (SSSR count). The van der Waals surface area contributed by atoms with Gasteiger partial charge in [0, 0.05) is 49.6 Å². The van der Waals surface area contributed by atoms with Crippen molar-refractivity contribution in [3.05, 3.63) is 136 Å². The Morgan fingerprint density at radius 2 is 0.543 bits per heavy atom. The van der Waals surface area contributed by atoms with E-state index in [1.54, 1.807) is 0 Å². The van der Waals surface area contributed by atoms with E-state index >= 15 is 0 Å². The number of nitrogens with zero attached hydrogens (tertiary/aromatic N) is 12. The fraction of sp³-hybridized carbons (Fsp3) is 0. The van der Waals surface area contributed by atoms with Crippen LogP contribution in [-0.4, -0.2) is 73.0 Å². The monoisotopic (exact) mass is 810 g/mol. The molecular weight excluding hydrogens is 795 g/mol. The number of hydrogen-bond donors (Lipinski definition) is 0. The van der Waals surface area contributed by atoms with Crippen molar-refractivity contribution in [1.82, 2.24) is 35.8 Å². The summed E-state index contributed by atoms with van der Waals surface area (Å²) in [5, 5.41) is 59.0. The van der Waals surface area contributed by atoms with Crippen LogP contribution in [0.3, 0.4) is 0 Å².